The van der Waals surface area contributed by atoms with E-state index in [4.69, 9.17) is 5.73 Å². The largest absolute Gasteiger partial charge is 0.328 e. The number of nitrogens with two attached hydrogens (primary N) is 1. The van der Waals surface area contributed by atoms with Crippen molar-refractivity contribution in [1.29, 1.82) is 0 Å². The smallest absolute Gasteiger partial charge is 0.227 e. The molecule has 0 aromatic heterocycles. The first-order chi connectivity index (χ1) is 8.06. The Morgan fingerprint density at radius 2 is 2.24 bits per heavy atom. The van der Waals surface area contributed by atoms with Gasteiger partial charge in [-0.25, -0.2) is 4.39 Å². The maximum atomic E-state index is 13.1. The molecule has 1 aliphatic rings. The Kier molecular flexibility index (Phi) is 3.43. The molecule has 3 nitrogen and oxygen atoms in total. The van der Waals surface area contributed by atoms with E-state index in [0.717, 1.165) is 19.3 Å². The van der Waals surface area contributed by atoms with Gasteiger partial charge in [0.05, 0.1) is 0 Å². The fourth-order valence-corrected chi connectivity index (χ4v) is 2.22. The Morgan fingerprint density at radius 3 is 2.82 bits per heavy atom. The third-order valence-corrected chi connectivity index (χ3v) is 3.27. The molecule has 0 heterocycles. The zero-order valence-electron chi connectivity index (χ0n) is 9.87. The highest BCUT2D eigenvalue weighted by molar-refractivity contribution is 5.92. The van der Waals surface area contributed by atoms with Crippen molar-refractivity contribution in [2.24, 2.45) is 11.7 Å². The predicted molar refractivity (Wildman–Crippen MR) is 65.1 cm³/mol. The monoisotopic (exact) mass is 236 g/mol. The van der Waals surface area contributed by atoms with Crippen molar-refractivity contribution >= 4 is 11.6 Å². The van der Waals surface area contributed by atoms with Gasteiger partial charge in [0, 0.05) is 17.6 Å². The molecule has 1 saturated carbocycles. The summed E-state index contributed by atoms with van der Waals surface area (Å²) in [4.78, 5) is 11.9. The van der Waals surface area contributed by atoms with E-state index in [9.17, 15) is 9.18 Å². The number of carbonyl (C=O) groups is 1. The number of benzene rings is 1. The summed E-state index contributed by atoms with van der Waals surface area (Å²) < 4.78 is 13.1. The van der Waals surface area contributed by atoms with Gasteiger partial charge >= 0.3 is 0 Å². The number of carbonyl (C=O) groups excluding carboxylic acids is 1. The number of amides is 1. The molecule has 1 aromatic carbocycles. The summed E-state index contributed by atoms with van der Waals surface area (Å²) in [5.74, 6) is -0.273. The molecular formula is C13H17FN2O. The Balaban J connectivity index is 2.00. The first kappa shape index (κ1) is 12.0. The maximum Gasteiger partial charge on any atom is 0.227 e. The van der Waals surface area contributed by atoms with Gasteiger partial charge in [0.15, 0.2) is 0 Å². The van der Waals surface area contributed by atoms with Crippen LogP contribution >= 0.6 is 0 Å². The van der Waals surface area contributed by atoms with Crippen LogP contribution in [-0.4, -0.2) is 11.9 Å². The molecule has 4 heteroatoms. The van der Waals surface area contributed by atoms with Gasteiger partial charge in [-0.05, 0) is 49.9 Å². The summed E-state index contributed by atoms with van der Waals surface area (Å²) in [5, 5.41) is 2.81. The molecule has 3 N–H and O–H groups in total. The van der Waals surface area contributed by atoms with E-state index in [2.05, 4.69) is 5.32 Å². The average molecular weight is 236 g/mol. The number of rotatable bonds is 2. The second kappa shape index (κ2) is 4.84. The second-order valence-corrected chi connectivity index (χ2v) is 4.72. The fourth-order valence-electron chi connectivity index (χ4n) is 2.22. The van der Waals surface area contributed by atoms with Crippen LogP contribution in [0.25, 0.3) is 0 Å². The van der Waals surface area contributed by atoms with E-state index in [1.165, 1.54) is 6.07 Å². The Morgan fingerprint density at radius 1 is 1.47 bits per heavy atom. The Bertz CT molecular complexity index is 433. The molecule has 0 radical (unpaired) electrons. The van der Waals surface area contributed by atoms with Crippen LogP contribution in [0.3, 0.4) is 0 Å². The van der Waals surface area contributed by atoms with Crippen LogP contribution in [-0.2, 0) is 4.79 Å². The lowest BCUT2D eigenvalue weighted by Crippen LogP contribution is -2.23. The third-order valence-electron chi connectivity index (χ3n) is 3.27. The molecule has 2 rings (SSSR count). The minimum atomic E-state index is -0.258. The summed E-state index contributed by atoms with van der Waals surface area (Å²) in [6.07, 6.45) is 2.49. The molecule has 1 amide bonds. The highest BCUT2D eigenvalue weighted by Crippen LogP contribution is 2.25. The lowest BCUT2D eigenvalue weighted by Gasteiger charge is -2.11. The van der Waals surface area contributed by atoms with Crippen LogP contribution in [0.1, 0.15) is 24.8 Å². The molecular weight excluding hydrogens is 219 g/mol. The molecule has 0 saturated heterocycles. The zero-order chi connectivity index (χ0) is 12.4. The van der Waals surface area contributed by atoms with Gasteiger partial charge < -0.3 is 11.1 Å². The van der Waals surface area contributed by atoms with Crippen LogP contribution in [0, 0.1) is 18.7 Å². The zero-order valence-corrected chi connectivity index (χ0v) is 9.87. The first-order valence-corrected chi connectivity index (χ1v) is 5.89. The summed E-state index contributed by atoms with van der Waals surface area (Å²) in [5.41, 5.74) is 6.95. The minimum absolute atomic E-state index is 0.00430. The van der Waals surface area contributed by atoms with Crippen LogP contribution in [0.5, 0.6) is 0 Å². The van der Waals surface area contributed by atoms with E-state index in [0.29, 0.717) is 11.3 Å². The molecule has 0 spiro atoms. The predicted octanol–water partition coefficient (Wildman–Crippen LogP) is 2.20. The van der Waals surface area contributed by atoms with Crippen molar-refractivity contribution in [3.63, 3.8) is 0 Å². The van der Waals surface area contributed by atoms with Crippen molar-refractivity contribution in [2.45, 2.75) is 32.2 Å². The van der Waals surface area contributed by atoms with Crippen LogP contribution < -0.4 is 11.1 Å². The Labute approximate surface area is 100 Å². The van der Waals surface area contributed by atoms with Gasteiger partial charge in [-0.2, -0.15) is 0 Å². The van der Waals surface area contributed by atoms with Crippen LogP contribution in [0.2, 0.25) is 0 Å². The minimum Gasteiger partial charge on any atom is -0.328 e. The lowest BCUT2D eigenvalue weighted by molar-refractivity contribution is -0.119. The lowest BCUT2D eigenvalue weighted by atomic mass is 10.1. The molecule has 1 fully saturated rings. The van der Waals surface area contributed by atoms with Crippen molar-refractivity contribution in [2.75, 3.05) is 5.32 Å². The first-order valence-electron chi connectivity index (χ1n) is 5.89. The number of nitrogens with one attached hydrogen (secondary N) is 1. The molecule has 17 heavy (non-hydrogen) atoms. The van der Waals surface area contributed by atoms with Gasteiger partial charge in [-0.3, -0.25) is 4.79 Å². The van der Waals surface area contributed by atoms with E-state index < -0.39 is 0 Å². The molecule has 92 valence electrons. The van der Waals surface area contributed by atoms with E-state index in [1.54, 1.807) is 19.1 Å². The number of anilines is 1. The molecule has 1 aromatic rings. The number of hydrogen-bond acceptors (Lipinski definition) is 2. The van der Waals surface area contributed by atoms with Gasteiger partial charge in [-0.1, -0.05) is 0 Å². The van der Waals surface area contributed by atoms with Crippen LogP contribution in [0.15, 0.2) is 18.2 Å². The Hall–Kier alpha value is -1.42. The maximum absolute atomic E-state index is 13.1. The van der Waals surface area contributed by atoms with E-state index in [-0.39, 0.29) is 23.7 Å². The quantitative estimate of drug-likeness (QED) is 0.827. The topological polar surface area (TPSA) is 55.1 Å². The number of halogens is 1. The summed E-state index contributed by atoms with van der Waals surface area (Å²) in [6.45, 7) is 1.68. The molecule has 2 atom stereocenters. The normalized spacial score (nSPS) is 23.7. The summed E-state index contributed by atoms with van der Waals surface area (Å²) in [6, 6.07) is 4.73. The molecule has 0 aliphatic heterocycles. The van der Waals surface area contributed by atoms with Crippen molar-refractivity contribution < 1.29 is 9.18 Å². The molecule has 1 aliphatic carbocycles. The highest BCUT2D eigenvalue weighted by Gasteiger charge is 2.27. The fraction of sp³-hybridized carbons (Fsp3) is 0.462. The average Bonchev–Trinajstić information content (AvgIpc) is 2.70. The SMILES string of the molecule is Cc1cc(NC(=O)C2CCC(N)C2)ccc1F. The second-order valence-electron chi connectivity index (χ2n) is 4.72. The van der Waals surface area contributed by atoms with Gasteiger partial charge in [0.1, 0.15) is 5.82 Å². The van der Waals surface area contributed by atoms with Crippen molar-refractivity contribution in [3.8, 4) is 0 Å². The van der Waals surface area contributed by atoms with E-state index >= 15 is 0 Å². The van der Waals surface area contributed by atoms with Crippen molar-refractivity contribution in [3.05, 3.63) is 29.6 Å². The van der Waals surface area contributed by atoms with Gasteiger partial charge in [0.25, 0.3) is 0 Å². The van der Waals surface area contributed by atoms with Crippen molar-refractivity contribution in [1.82, 2.24) is 0 Å². The molecule has 0 bridgehead atoms. The van der Waals surface area contributed by atoms with Gasteiger partial charge in [0.2, 0.25) is 5.91 Å². The highest BCUT2D eigenvalue weighted by atomic mass is 19.1. The standard InChI is InChI=1S/C13H17FN2O/c1-8-6-11(4-5-12(8)14)16-13(17)9-2-3-10(15)7-9/h4-6,9-10H,2-3,7,15H2,1H3,(H,16,17). The third kappa shape index (κ3) is 2.82. The number of aryl methyl sites for hydroxylation is 1. The summed E-state index contributed by atoms with van der Waals surface area (Å²) in [7, 11) is 0. The van der Waals surface area contributed by atoms with E-state index in [1.807, 2.05) is 0 Å². The van der Waals surface area contributed by atoms with Crippen LogP contribution in [0.4, 0.5) is 10.1 Å². The number of hydrogen-bond donors (Lipinski definition) is 2. The van der Waals surface area contributed by atoms with Gasteiger partial charge in [-0.15, -0.1) is 0 Å². The summed E-state index contributed by atoms with van der Waals surface area (Å²) >= 11 is 0. The molecule has 2 unspecified atom stereocenters.